The van der Waals surface area contributed by atoms with E-state index in [0.717, 1.165) is 24.8 Å². The molecule has 0 heterocycles. The molecule has 2 fully saturated rings. The van der Waals surface area contributed by atoms with Crippen LogP contribution in [0.1, 0.15) is 46.0 Å². The summed E-state index contributed by atoms with van der Waals surface area (Å²) in [5.41, 5.74) is -0.121. The molecule has 16 heavy (non-hydrogen) atoms. The fourth-order valence-corrected chi connectivity index (χ4v) is 2.28. The number of carbonyl (C=O) groups excluding carboxylic acids is 1. The van der Waals surface area contributed by atoms with E-state index in [2.05, 4.69) is 18.7 Å². The lowest BCUT2D eigenvalue weighted by Gasteiger charge is -2.31. The van der Waals surface area contributed by atoms with Crippen LogP contribution in [0.15, 0.2) is 0 Å². The SMILES string of the molecule is CCC(C)(C=O)CN(CC1CC1)CC1CC1. The topological polar surface area (TPSA) is 20.3 Å². The Morgan fingerprint density at radius 3 is 2.00 bits per heavy atom. The maximum Gasteiger partial charge on any atom is 0.127 e. The van der Waals surface area contributed by atoms with E-state index in [-0.39, 0.29) is 5.41 Å². The molecule has 2 aliphatic rings. The van der Waals surface area contributed by atoms with Gasteiger partial charge in [0.1, 0.15) is 6.29 Å². The van der Waals surface area contributed by atoms with Crippen LogP contribution < -0.4 is 0 Å². The van der Waals surface area contributed by atoms with Gasteiger partial charge in [0.05, 0.1) is 0 Å². The van der Waals surface area contributed by atoms with Crippen LogP contribution in [-0.2, 0) is 4.79 Å². The average Bonchev–Trinajstić information content (AvgIpc) is 3.13. The third kappa shape index (κ3) is 3.58. The van der Waals surface area contributed by atoms with Gasteiger partial charge in [-0.15, -0.1) is 0 Å². The first kappa shape index (κ1) is 12.1. The molecular weight excluding hydrogens is 198 g/mol. The fraction of sp³-hybridized carbons (Fsp3) is 0.929. The monoisotopic (exact) mass is 223 g/mol. The van der Waals surface area contributed by atoms with Crippen molar-refractivity contribution >= 4 is 6.29 Å². The number of nitrogens with zero attached hydrogens (tertiary/aromatic N) is 1. The van der Waals surface area contributed by atoms with Crippen molar-refractivity contribution < 1.29 is 4.79 Å². The van der Waals surface area contributed by atoms with Gasteiger partial charge >= 0.3 is 0 Å². The summed E-state index contributed by atoms with van der Waals surface area (Å²) in [6.45, 7) is 7.67. The molecule has 2 heteroatoms. The maximum absolute atomic E-state index is 11.2. The number of carbonyl (C=O) groups is 1. The number of hydrogen-bond donors (Lipinski definition) is 0. The van der Waals surface area contributed by atoms with Crippen molar-refractivity contribution in [3.05, 3.63) is 0 Å². The van der Waals surface area contributed by atoms with Crippen LogP contribution >= 0.6 is 0 Å². The van der Waals surface area contributed by atoms with Crippen molar-refractivity contribution in [2.75, 3.05) is 19.6 Å². The van der Waals surface area contributed by atoms with Crippen molar-refractivity contribution in [3.8, 4) is 0 Å². The average molecular weight is 223 g/mol. The highest BCUT2D eigenvalue weighted by Crippen LogP contribution is 2.35. The van der Waals surface area contributed by atoms with Crippen LogP contribution in [0.2, 0.25) is 0 Å². The Morgan fingerprint density at radius 2 is 1.69 bits per heavy atom. The lowest BCUT2D eigenvalue weighted by atomic mass is 9.88. The Labute approximate surface area is 99.4 Å². The summed E-state index contributed by atoms with van der Waals surface area (Å²) in [5.74, 6) is 1.87. The van der Waals surface area contributed by atoms with Gasteiger partial charge in [0.2, 0.25) is 0 Å². The quantitative estimate of drug-likeness (QED) is 0.590. The molecule has 1 unspecified atom stereocenters. The summed E-state index contributed by atoms with van der Waals surface area (Å²) in [7, 11) is 0. The second kappa shape index (κ2) is 4.87. The molecule has 0 spiro atoms. The van der Waals surface area contributed by atoms with E-state index in [1.165, 1.54) is 45.1 Å². The van der Waals surface area contributed by atoms with Gasteiger partial charge < -0.3 is 9.69 Å². The maximum atomic E-state index is 11.2. The summed E-state index contributed by atoms with van der Waals surface area (Å²) >= 11 is 0. The molecule has 0 saturated heterocycles. The lowest BCUT2D eigenvalue weighted by Crippen LogP contribution is -2.39. The van der Waals surface area contributed by atoms with Gasteiger partial charge in [-0.1, -0.05) is 13.8 Å². The first-order chi connectivity index (χ1) is 7.65. The number of aldehydes is 1. The number of hydrogen-bond acceptors (Lipinski definition) is 2. The molecule has 2 nitrogen and oxygen atoms in total. The predicted octanol–water partition coefficient (Wildman–Crippen LogP) is 2.72. The third-order valence-corrected chi connectivity index (χ3v) is 4.10. The highest BCUT2D eigenvalue weighted by molar-refractivity contribution is 5.58. The summed E-state index contributed by atoms with van der Waals surface area (Å²) in [5, 5.41) is 0. The minimum atomic E-state index is -0.121. The van der Waals surface area contributed by atoms with Crippen molar-refractivity contribution in [1.29, 1.82) is 0 Å². The largest absolute Gasteiger partial charge is 0.303 e. The standard InChI is InChI=1S/C14H25NO/c1-3-14(2,11-16)10-15(8-12-4-5-12)9-13-6-7-13/h11-13H,3-10H2,1-2H3. The molecular formula is C14H25NO. The lowest BCUT2D eigenvalue weighted by molar-refractivity contribution is -0.116. The first-order valence-electron chi connectivity index (χ1n) is 6.84. The summed E-state index contributed by atoms with van der Waals surface area (Å²) in [6.07, 6.45) is 7.76. The molecule has 0 aliphatic heterocycles. The van der Waals surface area contributed by atoms with Crippen molar-refractivity contribution in [3.63, 3.8) is 0 Å². The van der Waals surface area contributed by atoms with E-state index in [0.29, 0.717) is 0 Å². The van der Waals surface area contributed by atoms with Gasteiger partial charge in [0.15, 0.2) is 0 Å². The van der Waals surface area contributed by atoms with Gasteiger partial charge in [-0.2, -0.15) is 0 Å². The van der Waals surface area contributed by atoms with Gasteiger partial charge in [0.25, 0.3) is 0 Å². The molecule has 0 aromatic heterocycles. The molecule has 1 atom stereocenters. The molecule has 92 valence electrons. The molecule has 0 amide bonds. The van der Waals surface area contributed by atoms with Crippen LogP contribution in [0.25, 0.3) is 0 Å². The van der Waals surface area contributed by atoms with Gasteiger partial charge in [-0.05, 0) is 43.9 Å². The highest BCUT2D eigenvalue weighted by atomic mass is 16.1. The van der Waals surface area contributed by atoms with E-state index in [9.17, 15) is 4.79 Å². The Balaban J connectivity index is 1.85. The molecule has 2 aliphatic carbocycles. The predicted molar refractivity (Wildman–Crippen MR) is 66.4 cm³/mol. The van der Waals surface area contributed by atoms with Gasteiger partial charge in [0, 0.05) is 25.0 Å². The van der Waals surface area contributed by atoms with Crippen molar-refractivity contribution in [2.45, 2.75) is 46.0 Å². The Hall–Kier alpha value is -0.370. The normalized spacial score (nSPS) is 24.4. The zero-order valence-electron chi connectivity index (χ0n) is 10.7. The molecule has 2 saturated carbocycles. The minimum Gasteiger partial charge on any atom is -0.303 e. The number of rotatable bonds is 8. The third-order valence-electron chi connectivity index (χ3n) is 4.10. The zero-order chi connectivity index (χ0) is 11.6. The Bertz CT molecular complexity index is 231. The van der Waals surface area contributed by atoms with Crippen LogP contribution in [0.4, 0.5) is 0 Å². The molecule has 0 radical (unpaired) electrons. The second-order valence-electron chi connectivity index (χ2n) is 6.21. The van der Waals surface area contributed by atoms with Gasteiger partial charge in [-0.25, -0.2) is 0 Å². The summed E-state index contributed by atoms with van der Waals surface area (Å²) in [4.78, 5) is 13.7. The molecule has 0 aromatic carbocycles. The van der Waals surface area contributed by atoms with E-state index in [4.69, 9.17) is 0 Å². The first-order valence-corrected chi connectivity index (χ1v) is 6.84. The molecule has 0 N–H and O–H groups in total. The summed E-state index contributed by atoms with van der Waals surface area (Å²) in [6, 6.07) is 0. The van der Waals surface area contributed by atoms with E-state index >= 15 is 0 Å². The Kier molecular flexibility index (Phi) is 3.68. The molecule has 0 bridgehead atoms. The second-order valence-corrected chi connectivity index (χ2v) is 6.21. The van der Waals surface area contributed by atoms with Crippen LogP contribution in [0, 0.1) is 17.3 Å². The smallest absolute Gasteiger partial charge is 0.127 e. The Morgan fingerprint density at radius 1 is 1.19 bits per heavy atom. The highest BCUT2D eigenvalue weighted by Gasteiger charge is 2.32. The van der Waals surface area contributed by atoms with Gasteiger partial charge in [-0.3, -0.25) is 0 Å². The van der Waals surface area contributed by atoms with E-state index in [1.54, 1.807) is 0 Å². The zero-order valence-corrected chi connectivity index (χ0v) is 10.7. The molecule has 2 rings (SSSR count). The fourth-order valence-electron chi connectivity index (χ4n) is 2.28. The van der Waals surface area contributed by atoms with E-state index in [1.807, 2.05) is 0 Å². The summed E-state index contributed by atoms with van der Waals surface area (Å²) < 4.78 is 0. The van der Waals surface area contributed by atoms with Crippen molar-refractivity contribution in [1.82, 2.24) is 4.90 Å². The van der Waals surface area contributed by atoms with Crippen LogP contribution in [-0.4, -0.2) is 30.8 Å². The molecule has 0 aromatic rings. The van der Waals surface area contributed by atoms with Crippen molar-refractivity contribution in [2.24, 2.45) is 17.3 Å². The van der Waals surface area contributed by atoms with E-state index < -0.39 is 0 Å². The minimum absolute atomic E-state index is 0.121. The van der Waals surface area contributed by atoms with Crippen LogP contribution in [0.3, 0.4) is 0 Å². The van der Waals surface area contributed by atoms with Crippen LogP contribution in [0.5, 0.6) is 0 Å².